The smallest absolute Gasteiger partial charge is 0.163 e. The topological polar surface area (TPSA) is 49.9 Å². The number of carbonyl (C=O) groups excluding carboxylic acids is 2. The Labute approximate surface area is 228 Å². The van der Waals surface area contributed by atoms with Crippen LogP contribution in [0.4, 0.5) is 5.69 Å². The maximum Gasteiger partial charge on any atom is 0.163 e. The zero-order valence-corrected chi connectivity index (χ0v) is 23.8. The quantitative estimate of drug-likeness (QED) is 0.363. The van der Waals surface area contributed by atoms with Gasteiger partial charge in [-0.1, -0.05) is 35.9 Å². The molecule has 5 heteroatoms. The number of carbonyl (C=O) groups is 2. The van der Waals surface area contributed by atoms with E-state index in [-0.39, 0.29) is 17.5 Å². The third kappa shape index (κ3) is 6.51. The molecule has 1 unspecified atom stereocenters. The summed E-state index contributed by atoms with van der Waals surface area (Å²) >= 11 is 0. The molecule has 0 saturated carbocycles. The molecule has 2 aliphatic rings. The number of Topliss-reactive ketones (excluding diaryl/α,β-unsaturated/α-hetero) is 1. The first-order valence-electron chi connectivity index (χ1n) is 13.8. The predicted octanol–water partition coefficient (Wildman–Crippen LogP) is 6.39. The molecule has 1 atom stereocenters. The molecule has 202 valence electrons. The summed E-state index contributed by atoms with van der Waals surface area (Å²) in [4.78, 5) is 30.8. The summed E-state index contributed by atoms with van der Waals surface area (Å²) in [7, 11) is 6.28. The van der Waals surface area contributed by atoms with Crippen LogP contribution in [0, 0.1) is 12.8 Å². The number of ether oxygens (including phenoxy) is 1. The van der Waals surface area contributed by atoms with Crippen LogP contribution in [-0.4, -0.2) is 56.9 Å². The summed E-state index contributed by atoms with van der Waals surface area (Å²) in [5, 5.41) is 0. The van der Waals surface area contributed by atoms with Crippen LogP contribution in [0.1, 0.15) is 61.0 Å². The normalized spacial score (nSPS) is 18.4. The lowest BCUT2D eigenvalue weighted by Gasteiger charge is -2.34. The molecule has 1 fully saturated rings. The van der Waals surface area contributed by atoms with E-state index in [9.17, 15) is 9.59 Å². The molecule has 2 aromatic rings. The lowest BCUT2D eigenvalue weighted by molar-refractivity contribution is -0.117. The summed E-state index contributed by atoms with van der Waals surface area (Å²) in [6.45, 7) is 8.42. The van der Waals surface area contributed by atoms with Crippen LogP contribution >= 0.6 is 0 Å². The fourth-order valence-corrected chi connectivity index (χ4v) is 5.79. The highest BCUT2D eigenvalue weighted by molar-refractivity contribution is 6.01. The molecule has 1 aliphatic heterocycles. The molecular formula is C33H42N2O3. The van der Waals surface area contributed by atoms with Crippen molar-refractivity contribution in [2.24, 2.45) is 5.92 Å². The highest BCUT2D eigenvalue weighted by Gasteiger charge is 2.26. The van der Waals surface area contributed by atoms with Gasteiger partial charge in [-0.15, -0.1) is 0 Å². The van der Waals surface area contributed by atoms with Crippen LogP contribution in [0.25, 0.3) is 11.1 Å². The van der Waals surface area contributed by atoms with Gasteiger partial charge in [-0.05, 0) is 100 Å². The Morgan fingerprint density at radius 3 is 2.26 bits per heavy atom. The fraction of sp³-hybridized carbons (Fsp3) is 0.455. The minimum Gasteiger partial charge on any atom is -0.381 e. The first kappa shape index (κ1) is 28.0. The third-order valence-electron chi connectivity index (χ3n) is 7.96. The molecule has 5 nitrogen and oxygen atoms in total. The van der Waals surface area contributed by atoms with E-state index in [0.29, 0.717) is 18.9 Å². The van der Waals surface area contributed by atoms with Gasteiger partial charge in [0, 0.05) is 56.4 Å². The van der Waals surface area contributed by atoms with E-state index in [1.54, 1.807) is 6.08 Å². The summed E-state index contributed by atoms with van der Waals surface area (Å²) in [5.41, 5.74) is 8.30. The molecule has 1 heterocycles. The monoisotopic (exact) mass is 514 g/mol. The number of hydrogen-bond acceptors (Lipinski definition) is 5. The van der Waals surface area contributed by atoms with E-state index >= 15 is 0 Å². The van der Waals surface area contributed by atoms with E-state index in [1.165, 1.54) is 5.56 Å². The number of anilines is 1. The van der Waals surface area contributed by atoms with Crippen molar-refractivity contribution in [1.82, 2.24) is 4.90 Å². The minimum absolute atomic E-state index is 0.0991. The number of rotatable bonds is 9. The fourth-order valence-electron chi connectivity index (χ4n) is 5.79. The maximum atomic E-state index is 13.7. The number of benzene rings is 2. The van der Waals surface area contributed by atoms with Gasteiger partial charge in [0.2, 0.25) is 0 Å². The zero-order chi connectivity index (χ0) is 27.4. The highest BCUT2D eigenvalue weighted by Crippen LogP contribution is 2.34. The lowest BCUT2D eigenvalue weighted by atomic mass is 9.84. The van der Waals surface area contributed by atoms with E-state index in [1.807, 2.05) is 13.8 Å². The number of ketones is 2. The van der Waals surface area contributed by atoms with Crippen molar-refractivity contribution >= 4 is 17.3 Å². The maximum absolute atomic E-state index is 13.7. The van der Waals surface area contributed by atoms with Gasteiger partial charge in [0.1, 0.15) is 0 Å². The van der Waals surface area contributed by atoms with Gasteiger partial charge in [0.15, 0.2) is 11.6 Å². The second kappa shape index (κ2) is 12.2. The van der Waals surface area contributed by atoms with Crippen molar-refractivity contribution in [3.63, 3.8) is 0 Å². The van der Waals surface area contributed by atoms with E-state index in [4.69, 9.17) is 4.74 Å². The zero-order valence-electron chi connectivity index (χ0n) is 23.8. The second-order valence-electron chi connectivity index (χ2n) is 11.3. The van der Waals surface area contributed by atoms with Crippen molar-refractivity contribution < 1.29 is 14.3 Å². The average molecular weight is 515 g/mol. The van der Waals surface area contributed by atoms with Gasteiger partial charge in [0.05, 0.1) is 0 Å². The molecule has 0 spiro atoms. The van der Waals surface area contributed by atoms with Crippen LogP contribution < -0.4 is 4.90 Å². The molecule has 38 heavy (non-hydrogen) atoms. The molecule has 0 radical (unpaired) electrons. The van der Waals surface area contributed by atoms with Crippen molar-refractivity contribution in [3.05, 3.63) is 76.4 Å². The summed E-state index contributed by atoms with van der Waals surface area (Å²) in [5.74, 6) is 0.000342. The van der Waals surface area contributed by atoms with Crippen LogP contribution in [0.5, 0.6) is 0 Å². The Hall–Kier alpha value is -3.02. The van der Waals surface area contributed by atoms with Crippen molar-refractivity contribution in [1.29, 1.82) is 0 Å². The molecule has 0 bridgehead atoms. The predicted molar refractivity (Wildman–Crippen MR) is 156 cm³/mol. The number of allylic oxidation sites excluding steroid dienone is 4. The standard InChI is InChI=1S/C33H42N2O3/c1-22-17-23(2)29(33(37)18-22)11-12-32(36)30-19-27(26-9-7-25(8-10-26)21-34(4)5)20-31(24(30)3)35(6)28-13-15-38-16-14-28/h7-10,17-20,28-29H,11-16,21H2,1-6H3. The molecule has 0 amide bonds. The summed E-state index contributed by atoms with van der Waals surface area (Å²) in [6, 6.07) is 13.3. The first-order valence-corrected chi connectivity index (χ1v) is 13.8. The van der Waals surface area contributed by atoms with E-state index in [0.717, 1.165) is 71.7 Å². The van der Waals surface area contributed by atoms with Gasteiger partial charge >= 0.3 is 0 Å². The summed E-state index contributed by atoms with van der Waals surface area (Å²) in [6.07, 6.45) is 6.60. The lowest BCUT2D eigenvalue weighted by Crippen LogP contribution is -2.37. The first-order chi connectivity index (χ1) is 18.1. The van der Waals surface area contributed by atoms with Crippen LogP contribution in [0.2, 0.25) is 0 Å². The van der Waals surface area contributed by atoms with Crippen LogP contribution in [-0.2, 0) is 16.1 Å². The molecule has 1 saturated heterocycles. The average Bonchev–Trinajstić information content (AvgIpc) is 2.88. The Bertz CT molecular complexity index is 1230. The molecule has 0 aromatic heterocycles. The van der Waals surface area contributed by atoms with Crippen LogP contribution in [0.15, 0.2) is 59.7 Å². The Balaban J connectivity index is 1.65. The summed E-state index contributed by atoms with van der Waals surface area (Å²) < 4.78 is 5.60. The molecule has 4 rings (SSSR count). The molecular weight excluding hydrogens is 472 g/mol. The number of hydrogen-bond donors (Lipinski definition) is 0. The van der Waals surface area contributed by atoms with Crippen molar-refractivity contribution in [3.8, 4) is 11.1 Å². The van der Waals surface area contributed by atoms with Gasteiger partial charge in [-0.2, -0.15) is 0 Å². The molecule has 1 aliphatic carbocycles. The van der Waals surface area contributed by atoms with Gasteiger partial charge in [0.25, 0.3) is 0 Å². The Kier molecular flexibility index (Phi) is 9.01. The van der Waals surface area contributed by atoms with Gasteiger partial charge < -0.3 is 14.5 Å². The largest absolute Gasteiger partial charge is 0.381 e. The van der Waals surface area contributed by atoms with Crippen molar-refractivity contribution in [2.75, 3.05) is 39.3 Å². The minimum atomic E-state index is -0.209. The van der Waals surface area contributed by atoms with Crippen molar-refractivity contribution in [2.45, 2.75) is 59.0 Å². The molecule has 2 aromatic carbocycles. The van der Waals surface area contributed by atoms with Gasteiger partial charge in [-0.3, -0.25) is 9.59 Å². The van der Waals surface area contributed by atoms with Gasteiger partial charge in [-0.25, -0.2) is 0 Å². The Morgan fingerprint density at radius 1 is 0.947 bits per heavy atom. The highest BCUT2D eigenvalue weighted by atomic mass is 16.5. The Morgan fingerprint density at radius 2 is 1.63 bits per heavy atom. The van der Waals surface area contributed by atoms with Crippen LogP contribution in [0.3, 0.4) is 0 Å². The SMILES string of the molecule is CC1=CC(=O)C(CCC(=O)c2cc(-c3ccc(CN(C)C)cc3)cc(N(C)C3CCOCC3)c2C)C(C)=C1. The third-order valence-corrected chi connectivity index (χ3v) is 7.96. The van der Waals surface area contributed by atoms with E-state index < -0.39 is 0 Å². The second-order valence-corrected chi connectivity index (χ2v) is 11.3. The molecule has 0 N–H and O–H groups in total. The number of nitrogens with zero attached hydrogens (tertiary/aromatic N) is 2. The van der Waals surface area contributed by atoms with E-state index in [2.05, 4.69) is 80.3 Å².